The van der Waals surface area contributed by atoms with Crippen LogP contribution in [0.25, 0.3) is 0 Å². The Balaban J connectivity index is 2.28. The Hall–Kier alpha value is -0.260. The molecule has 5 heteroatoms. The first-order valence-corrected chi connectivity index (χ1v) is 4.73. The second-order valence-corrected chi connectivity index (χ2v) is 3.46. The molecule has 0 bridgehead atoms. The molecule has 0 aromatic heterocycles. The van der Waals surface area contributed by atoms with Crippen LogP contribution in [0.1, 0.15) is 12.8 Å². The van der Waals surface area contributed by atoms with E-state index in [2.05, 4.69) is 0 Å². The molecule has 0 radical (unpaired) electrons. The van der Waals surface area contributed by atoms with Crippen LogP contribution in [0.3, 0.4) is 0 Å². The Morgan fingerprint density at radius 1 is 1.45 bits per heavy atom. The Morgan fingerprint density at radius 2 is 2.00 bits per heavy atom. The second kappa shape index (κ2) is 3.94. The van der Waals surface area contributed by atoms with Gasteiger partial charge in [-0.2, -0.15) is 0 Å². The molecular formula is C6H10NO3S-. The zero-order valence-corrected chi connectivity index (χ0v) is 6.93. The van der Waals surface area contributed by atoms with E-state index in [1.165, 1.54) is 0 Å². The van der Waals surface area contributed by atoms with Crippen molar-refractivity contribution in [3.63, 3.8) is 0 Å². The summed E-state index contributed by atoms with van der Waals surface area (Å²) in [5.74, 6) is 0.297. The maximum Gasteiger partial charge on any atom is 0.135 e. The van der Waals surface area contributed by atoms with Gasteiger partial charge >= 0.3 is 0 Å². The summed E-state index contributed by atoms with van der Waals surface area (Å²) in [6.07, 6.45) is 0.994. The molecule has 11 heavy (non-hydrogen) atoms. The molecule has 0 aliphatic carbocycles. The number of hydrogen-bond acceptors (Lipinski definition) is 4. The van der Waals surface area contributed by atoms with Crippen molar-refractivity contribution in [2.75, 3.05) is 19.0 Å². The first-order valence-electron chi connectivity index (χ1n) is 3.48. The molecule has 0 N–H and O–H groups in total. The van der Waals surface area contributed by atoms with Gasteiger partial charge < -0.3 is 4.55 Å². The summed E-state index contributed by atoms with van der Waals surface area (Å²) in [5.41, 5.74) is 0. The van der Waals surface area contributed by atoms with Crippen molar-refractivity contribution in [2.24, 2.45) is 0 Å². The average Bonchev–Trinajstić information content (AvgIpc) is 1.93. The lowest BCUT2D eigenvalue weighted by atomic mass is 10.1. The maximum absolute atomic E-state index is 10.7. The highest BCUT2D eigenvalue weighted by Crippen LogP contribution is 2.04. The highest BCUT2D eigenvalue weighted by Gasteiger charge is 2.15. The van der Waals surface area contributed by atoms with E-state index in [4.69, 9.17) is 0 Å². The third-order valence-corrected chi connectivity index (χ3v) is 2.28. The average molecular weight is 176 g/mol. The molecule has 4 nitrogen and oxygen atoms in total. The lowest BCUT2D eigenvalue weighted by molar-refractivity contribution is -0.121. The summed E-state index contributed by atoms with van der Waals surface area (Å²) in [7, 11) is 0. The van der Waals surface area contributed by atoms with Crippen molar-refractivity contribution in [3.05, 3.63) is 0 Å². The zero-order valence-electron chi connectivity index (χ0n) is 6.12. The molecule has 0 saturated carbocycles. The van der Waals surface area contributed by atoms with Gasteiger partial charge in [-0.15, -0.1) is 0 Å². The quantitative estimate of drug-likeness (QED) is 0.531. The number of carbonyl (C=O) groups excluding carboxylic acids is 1. The molecule has 1 unspecified atom stereocenters. The summed E-state index contributed by atoms with van der Waals surface area (Å²) in [6.45, 7) is 1.18. The van der Waals surface area contributed by atoms with Crippen LogP contribution in [-0.4, -0.2) is 38.4 Å². The fourth-order valence-electron chi connectivity index (χ4n) is 1.08. The van der Waals surface area contributed by atoms with E-state index < -0.39 is 11.1 Å². The fourth-order valence-corrected chi connectivity index (χ4v) is 1.64. The van der Waals surface area contributed by atoms with E-state index in [-0.39, 0.29) is 11.7 Å². The lowest BCUT2D eigenvalue weighted by Gasteiger charge is -2.26. The normalized spacial score (nSPS) is 23.5. The van der Waals surface area contributed by atoms with E-state index in [1.807, 2.05) is 0 Å². The van der Waals surface area contributed by atoms with Gasteiger partial charge in [0, 0.05) is 25.9 Å². The van der Waals surface area contributed by atoms with Crippen LogP contribution in [0.5, 0.6) is 0 Å². The number of likely N-dealkylation sites (tertiary alicyclic amines) is 1. The second-order valence-electron chi connectivity index (χ2n) is 2.59. The minimum absolute atomic E-state index is 0.0628. The first-order chi connectivity index (χ1) is 5.18. The third kappa shape index (κ3) is 3.09. The topological polar surface area (TPSA) is 60.4 Å². The van der Waals surface area contributed by atoms with Gasteiger partial charge in [0.1, 0.15) is 5.78 Å². The number of rotatable bonds is 2. The molecular weight excluding hydrogens is 166 g/mol. The van der Waals surface area contributed by atoms with Crippen molar-refractivity contribution >= 4 is 16.9 Å². The number of carbonyl (C=O) groups is 1. The summed E-state index contributed by atoms with van der Waals surface area (Å²) in [5, 5.41) is 0. The zero-order chi connectivity index (χ0) is 8.27. The van der Waals surface area contributed by atoms with Gasteiger partial charge in [0.05, 0.1) is 5.88 Å². The summed E-state index contributed by atoms with van der Waals surface area (Å²) >= 11 is -2.01. The molecule has 1 rings (SSSR count). The van der Waals surface area contributed by atoms with Gasteiger partial charge in [-0.25, -0.2) is 0 Å². The van der Waals surface area contributed by atoms with E-state index in [0.717, 1.165) is 0 Å². The Kier molecular flexibility index (Phi) is 3.16. The van der Waals surface area contributed by atoms with Gasteiger partial charge in [0.25, 0.3) is 0 Å². The van der Waals surface area contributed by atoms with E-state index in [9.17, 15) is 13.6 Å². The lowest BCUT2D eigenvalue weighted by Crippen LogP contribution is -2.35. The monoisotopic (exact) mass is 176 g/mol. The van der Waals surface area contributed by atoms with E-state index in [1.54, 1.807) is 4.90 Å². The SMILES string of the molecule is O=C1CCN(CS(=O)[O-])CC1. The van der Waals surface area contributed by atoms with Gasteiger partial charge in [-0.1, -0.05) is 0 Å². The minimum atomic E-state index is -2.01. The fraction of sp³-hybridized carbons (Fsp3) is 0.833. The predicted molar refractivity (Wildman–Crippen MR) is 39.6 cm³/mol. The Morgan fingerprint density at radius 3 is 2.45 bits per heavy atom. The molecule has 1 fully saturated rings. The molecule has 0 spiro atoms. The van der Waals surface area contributed by atoms with Crippen molar-refractivity contribution in [3.8, 4) is 0 Å². The summed E-state index contributed by atoms with van der Waals surface area (Å²) < 4.78 is 20.4. The maximum atomic E-state index is 10.7. The predicted octanol–water partition coefficient (Wildman–Crippen LogP) is -0.512. The van der Waals surface area contributed by atoms with Crippen molar-refractivity contribution in [1.29, 1.82) is 0 Å². The van der Waals surface area contributed by atoms with E-state index >= 15 is 0 Å². The van der Waals surface area contributed by atoms with Crippen LogP contribution in [0.4, 0.5) is 0 Å². The van der Waals surface area contributed by atoms with Crippen LogP contribution in [-0.2, 0) is 15.9 Å². The first kappa shape index (κ1) is 8.83. The molecule has 1 aliphatic heterocycles. The number of nitrogens with zero attached hydrogens (tertiary/aromatic N) is 1. The van der Waals surface area contributed by atoms with Gasteiger partial charge in [0.2, 0.25) is 0 Å². The molecule has 1 atom stereocenters. The van der Waals surface area contributed by atoms with Crippen molar-refractivity contribution < 1.29 is 13.6 Å². The van der Waals surface area contributed by atoms with Crippen LogP contribution in [0, 0.1) is 0 Å². The molecule has 0 aromatic carbocycles. The third-order valence-electron chi connectivity index (χ3n) is 1.70. The molecule has 64 valence electrons. The van der Waals surface area contributed by atoms with Crippen molar-refractivity contribution in [2.45, 2.75) is 12.8 Å². The van der Waals surface area contributed by atoms with Gasteiger partial charge in [-0.3, -0.25) is 13.9 Å². The van der Waals surface area contributed by atoms with Crippen molar-refractivity contribution in [1.82, 2.24) is 4.90 Å². The number of Topliss-reactive ketones (excluding diaryl/α,β-unsaturated/α-hetero) is 1. The highest BCUT2D eigenvalue weighted by molar-refractivity contribution is 7.79. The van der Waals surface area contributed by atoms with Crippen LogP contribution >= 0.6 is 0 Å². The van der Waals surface area contributed by atoms with E-state index in [0.29, 0.717) is 25.9 Å². The molecule has 0 aromatic rings. The van der Waals surface area contributed by atoms with Gasteiger partial charge in [0.15, 0.2) is 0 Å². The molecule has 1 heterocycles. The molecule has 0 amide bonds. The largest absolute Gasteiger partial charge is 0.771 e. The summed E-state index contributed by atoms with van der Waals surface area (Å²) in [6, 6.07) is 0. The Labute approximate surface area is 67.9 Å². The summed E-state index contributed by atoms with van der Waals surface area (Å²) in [4.78, 5) is 12.5. The van der Waals surface area contributed by atoms with Crippen LogP contribution in [0.15, 0.2) is 0 Å². The van der Waals surface area contributed by atoms with Crippen LogP contribution < -0.4 is 0 Å². The Bertz CT molecular complexity index is 173. The van der Waals surface area contributed by atoms with Gasteiger partial charge in [-0.05, 0) is 11.1 Å². The standard InChI is InChI=1S/C6H11NO3S/c8-6-1-3-7(4-2-6)5-11(9)10/h1-5H2,(H,9,10)/p-1. The van der Waals surface area contributed by atoms with Crippen LogP contribution in [0.2, 0.25) is 0 Å². The smallest absolute Gasteiger partial charge is 0.135 e. The number of hydrogen-bond donors (Lipinski definition) is 0. The number of ketones is 1. The highest BCUT2D eigenvalue weighted by atomic mass is 32.2. The molecule has 1 saturated heterocycles. The number of piperidine rings is 1. The minimum Gasteiger partial charge on any atom is -0.771 e. The molecule has 1 aliphatic rings.